The monoisotopic (exact) mass is 316 g/mol. The minimum absolute atomic E-state index is 0.0749. The number of benzene rings is 1. The number of rotatable bonds is 6. The largest absolute Gasteiger partial charge is 0.355 e. The number of carbonyl (C=O) groups is 1. The van der Waals surface area contributed by atoms with Gasteiger partial charge in [0, 0.05) is 18.7 Å². The summed E-state index contributed by atoms with van der Waals surface area (Å²) in [5.74, 6) is 1.25. The van der Waals surface area contributed by atoms with Crippen molar-refractivity contribution in [3.63, 3.8) is 0 Å². The van der Waals surface area contributed by atoms with Crippen LogP contribution in [-0.2, 0) is 16.8 Å². The Hall–Kier alpha value is -2.24. The molecule has 6 heteroatoms. The van der Waals surface area contributed by atoms with Crippen LogP contribution in [0.15, 0.2) is 24.3 Å². The van der Waals surface area contributed by atoms with Gasteiger partial charge in [0.2, 0.25) is 5.91 Å². The standard InChI is InChI=1S/C17H21FN4O/c1-12-20-13(2)22(21-12)11-5-10-19-16(23)17(8-9-17)14-6-3-4-7-15(14)18/h3-4,6-7H,5,8-11H2,1-2H3,(H,19,23). The number of carbonyl (C=O) groups excluding carboxylic acids is 1. The molecule has 0 spiro atoms. The molecule has 5 nitrogen and oxygen atoms in total. The fourth-order valence-corrected chi connectivity index (χ4v) is 2.97. The first kappa shape index (κ1) is 15.6. The first-order chi connectivity index (χ1) is 11.0. The van der Waals surface area contributed by atoms with Crippen molar-refractivity contribution in [1.82, 2.24) is 20.1 Å². The summed E-state index contributed by atoms with van der Waals surface area (Å²) in [6.07, 6.45) is 2.19. The van der Waals surface area contributed by atoms with Crippen molar-refractivity contribution in [3.8, 4) is 0 Å². The van der Waals surface area contributed by atoms with Gasteiger partial charge in [0.25, 0.3) is 0 Å². The second kappa shape index (κ2) is 6.10. The molecule has 0 saturated heterocycles. The molecule has 1 aromatic carbocycles. The zero-order chi connectivity index (χ0) is 16.4. The Labute approximate surface area is 134 Å². The predicted octanol–water partition coefficient (Wildman–Crippen LogP) is 2.27. The fourth-order valence-electron chi connectivity index (χ4n) is 2.97. The molecule has 1 aliphatic rings. The van der Waals surface area contributed by atoms with Gasteiger partial charge in [0.1, 0.15) is 17.5 Å². The molecule has 1 heterocycles. The molecule has 1 N–H and O–H groups in total. The Morgan fingerprint density at radius 1 is 1.35 bits per heavy atom. The van der Waals surface area contributed by atoms with Crippen molar-refractivity contribution in [2.24, 2.45) is 0 Å². The predicted molar refractivity (Wildman–Crippen MR) is 84.4 cm³/mol. The van der Waals surface area contributed by atoms with Gasteiger partial charge in [-0.3, -0.25) is 9.48 Å². The van der Waals surface area contributed by atoms with E-state index >= 15 is 0 Å². The van der Waals surface area contributed by atoms with Crippen LogP contribution in [-0.4, -0.2) is 27.2 Å². The lowest BCUT2D eigenvalue weighted by molar-refractivity contribution is -0.123. The minimum Gasteiger partial charge on any atom is -0.355 e. The van der Waals surface area contributed by atoms with Crippen LogP contribution >= 0.6 is 0 Å². The van der Waals surface area contributed by atoms with Gasteiger partial charge in [-0.05, 0) is 39.2 Å². The lowest BCUT2D eigenvalue weighted by Gasteiger charge is -2.16. The summed E-state index contributed by atoms with van der Waals surface area (Å²) in [6.45, 7) is 5.03. The number of nitrogens with zero attached hydrogens (tertiary/aromatic N) is 3. The SMILES string of the molecule is Cc1nc(C)n(CCCNC(=O)C2(c3ccccc3F)CC2)n1. The third-order valence-corrected chi connectivity index (χ3v) is 4.37. The van der Waals surface area contributed by atoms with Gasteiger partial charge < -0.3 is 5.32 Å². The van der Waals surface area contributed by atoms with Gasteiger partial charge in [0.05, 0.1) is 5.41 Å². The fraction of sp³-hybridized carbons (Fsp3) is 0.471. The van der Waals surface area contributed by atoms with E-state index in [1.54, 1.807) is 18.2 Å². The number of hydrogen-bond acceptors (Lipinski definition) is 3. The van der Waals surface area contributed by atoms with Gasteiger partial charge in [-0.1, -0.05) is 18.2 Å². The molecule has 1 amide bonds. The highest BCUT2D eigenvalue weighted by Crippen LogP contribution is 2.49. The summed E-state index contributed by atoms with van der Waals surface area (Å²) < 4.78 is 15.8. The molecule has 0 atom stereocenters. The van der Waals surface area contributed by atoms with Crippen molar-refractivity contribution in [1.29, 1.82) is 0 Å². The Balaban J connectivity index is 1.54. The molecule has 3 rings (SSSR count). The summed E-state index contributed by atoms with van der Waals surface area (Å²) >= 11 is 0. The van der Waals surface area contributed by atoms with Crippen LogP contribution in [0.4, 0.5) is 4.39 Å². The number of hydrogen-bond donors (Lipinski definition) is 1. The van der Waals surface area contributed by atoms with Crippen LogP contribution < -0.4 is 5.32 Å². The maximum atomic E-state index is 13.9. The van der Waals surface area contributed by atoms with Gasteiger partial charge in [0.15, 0.2) is 0 Å². The molecule has 23 heavy (non-hydrogen) atoms. The number of amides is 1. The van der Waals surface area contributed by atoms with Crippen molar-refractivity contribution >= 4 is 5.91 Å². The summed E-state index contributed by atoms with van der Waals surface area (Å²) in [7, 11) is 0. The molecular weight excluding hydrogens is 295 g/mol. The zero-order valence-corrected chi connectivity index (χ0v) is 13.5. The molecule has 1 aromatic heterocycles. The number of nitrogens with one attached hydrogen (secondary N) is 1. The van der Waals surface area contributed by atoms with Crippen LogP contribution in [0.5, 0.6) is 0 Å². The van der Waals surface area contributed by atoms with Crippen molar-refractivity contribution < 1.29 is 9.18 Å². The van der Waals surface area contributed by atoms with E-state index in [9.17, 15) is 9.18 Å². The number of halogens is 1. The topological polar surface area (TPSA) is 59.8 Å². The molecular formula is C17H21FN4O. The highest BCUT2D eigenvalue weighted by atomic mass is 19.1. The lowest BCUT2D eigenvalue weighted by Crippen LogP contribution is -2.36. The van der Waals surface area contributed by atoms with E-state index < -0.39 is 5.41 Å². The highest BCUT2D eigenvalue weighted by molar-refractivity contribution is 5.91. The van der Waals surface area contributed by atoms with E-state index in [0.717, 1.165) is 18.1 Å². The van der Waals surface area contributed by atoms with Crippen molar-refractivity contribution in [2.75, 3.05) is 6.54 Å². The zero-order valence-electron chi connectivity index (χ0n) is 13.5. The van der Waals surface area contributed by atoms with Crippen LogP contribution in [0.1, 0.15) is 36.5 Å². The molecule has 1 fully saturated rings. The summed E-state index contributed by atoms with van der Waals surface area (Å²) in [5, 5.41) is 7.23. The van der Waals surface area contributed by atoms with Gasteiger partial charge in [-0.15, -0.1) is 0 Å². The maximum Gasteiger partial charge on any atom is 0.230 e. The minimum atomic E-state index is -0.662. The normalized spacial score (nSPS) is 15.4. The van der Waals surface area contributed by atoms with E-state index in [1.165, 1.54) is 6.07 Å². The van der Waals surface area contributed by atoms with Crippen molar-refractivity contribution in [2.45, 2.75) is 45.1 Å². The molecule has 122 valence electrons. The van der Waals surface area contributed by atoms with Gasteiger partial charge in [-0.25, -0.2) is 9.37 Å². The lowest BCUT2D eigenvalue weighted by atomic mass is 9.94. The first-order valence-electron chi connectivity index (χ1n) is 7.94. The molecule has 0 unspecified atom stereocenters. The van der Waals surface area contributed by atoms with Gasteiger partial charge >= 0.3 is 0 Å². The van der Waals surface area contributed by atoms with Crippen LogP contribution in [0, 0.1) is 19.7 Å². The third-order valence-electron chi connectivity index (χ3n) is 4.37. The van der Waals surface area contributed by atoms with Crippen LogP contribution in [0.2, 0.25) is 0 Å². The first-order valence-corrected chi connectivity index (χ1v) is 7.94. The number of aryl methyl sites for hydroxylation is 3. The highest BCUT2D eigenvalue weighted by Gasteiger charge is 2.52. The van der Waals surface area contributed by atoms with E-state index in [1.807, 2.05) is 18.5 Å². The molecule has 0 radical (unpaired) electrons. The molecule has 0 aliphatic heterocycles. The smallest absolute Gasteiger partial charge is 0.230 e. The summed E-state index contributed by atoms with van der Waals surface area (Å²) in [5.41, 5.74) is -0.147. The maximum absolute atomic E-state index is 13.9. The Kier molecular flexibility index (Phi) is 4.15. The van der Waals surface area contributed by atoms with Crippen LogP contribution in [0.25, 0.3) is 0 Å². The second-order valence-electron chi connectivity index (χ2n) is 6.10. The second-order valence-corrected chi connectivity index (χ2v) is 6.10. The Bertz CT molecular complexity index is 721. The summed E-state index contributed by atoms with van der Waals surface area (Å²) in [4.78, 5) is 16.7. The van der Waals surface area contributed by atoms with E-state index in [0.29, 0.717) is 31.5 Å². The van der Waals surface area contributed by atoms with E-state index in [2.05, 4.69) is 15.4 Å². The van der Waals surface area contributed by atoms with E-state index in [-0.39, 0.29) is 11.7 Å². The summed E-state index contributed by atoms with van der Waals surface area (Å²) in [6, 6.07) is 6.55. The number of aromatic nitrogens is 3. The Morgan fingerprint density at radius 2 is 2.09 bits per heavy atom. The van der Waals surface area contributed by atoms with E-state index in [4.69, 9.17) is 0 Å². The van der Waals surface area contributed by atoms with Crippen molar-refractivity contribution in [3.05, 3.63) is 47.3 Å². The molecule has 1 aliphatic carbocycles. The average Bonchev–Trinajstić information content (AvgIpc) is 3.25. The molecule has 1 saturated carbocycles. The quantitative estimate of drug-likeness (QED) is 0.832. The Morgan fingerprint density at radius 3 is 2.70 bits per heavy atom. The third kappa shape index (κ3) is 3.11. The molecule has 0 bridgehead atoms. The van der Waals surface area contributed by atoms with Gasteiger partial charge in [-0.2, -0.15) is 5.10 Å². The van der Waals surface area contributed by atoms with Crippen LogP contribution in [0.3, 0.4) is 0 Å². The molecule has 2 aromatic rings. The average molecular weight is 316 g/mol.